The molecule has 10 aromatic rings. The van der Waals surface area contributed by atoms with Crippen LogP contribution in [0.1, 0.15) is 0 Å². The Bertz CT molecular complexity index is 2820. The summed E-state index contributed by atoms with van der Waals surface area (Å²) in [5.74, 6) is 1.86. The number of hydrogen-bond donors (Lipinski definition) is 0. The summed E-state index contributed by atoms with van der Waals surface area (Å²) in [6, 6.07) is 56.8. The van der Waals surface area contributed by atoms with Gasteiger partial charge in [0.05, 0.1) is 0 Å². The van der Waals surface area contributed by atoms with Gasteiger partial charge in [-0.05, 0) is 62.1 Å². The van der Waals surface area contributed by atoms with Crippen molar-refractivity contribution >= 4 is 54.3 Å². The molecule has 0 fully saturated rings. The van der Waals surface area contributed by atoms with E-state index in [0.717, 1.165) is 49.8 Å². The predicted molar refractivity (Wildman–Crippen MR) is 201 cm³/mol. The standard InChI is InChI=1S/C45H27N3O/c1-3-14-29(15-4-1)43-46-44(30-16-5-2-6-17-30)48-45(47-43)37-26-25-35(42-41(37)36-21-11-12-22-39(36)49-42)38-27-31-24-23-28-13-7-8-18-32(28)40(31)34-20-10-9-19-33(34)38/h1-27H. The molecule has 0 saturated carbocycles. The fraction of sp³-hybridized carbons (Fsp3) is 0. The molecule has 0 aliphatic heterocycles. The Hall–Kier alpha value is -6.65. The Morgan fingerprint density at radius 1 is 0.347 bits per heavy atom. The first-order chi connectivity index (χ1) is 24.3. The van der Waals surface area contributed by atoms with Crippen LogP contribution in [0.2, 0.25) is 0 Å². The Morgan fingerprint density at radius 2 is 0.898 bits per heavy atom. The zero-order chi connectivity index (χ0) is 32.3. The van der Waals surface area contributed by atoms with E-state index in [1.165, 1.54) is 32.3 Å². The molecule has 0 atom stereocenters. The molecule has 0 saturated heterocycles. The van der Waals surface area contributed by atoms with Gasteiger partial charge in [0.15, 0.2) is 17.5 Å². The smallest absolute Gasteiger partial charge is 0.164 e. The molecular formula is C45H27N3O. The van der Waals surface area contributed by atoms with E-state index in [4.69, 9.17) is 19.4 Å². The topological polar surface area (TPSA) is 51.8 Å². The summed E-state index contributed by atoms with van der Waals surface area (Å²) in [5, 5.41) is 9.36. The number of para-hydroxylation sites is 1. The van der Waals surface area contributed by atoms with Gasteiger partial charge in [0.2, 0.25) is 0 Å². The van der Waals surface area contributed by atoms with Crippen molar-refractivity contribution in [2.45, 2.75) is 0 Å². The van der Waals surface area contributed by atoms with Crippen molar-refractivity contribution in [2.24, 2.45) is 0 Å². The third kappa shape index (κ3) is 4.42. The Kier molecular flexibility index (Phi) is 6.15. The van der Waals surface area contributed by atoms with Crippen molar-refractivity contribution in [3.63, 3.8) is 0 Å². The second-order valence-corrected chi connectivity index (χ2v) is 12.4. The van der Waals surface area contributed by atoms with Gasteiger partial charge in [-0.25, -0.2) is 15.0 Å². The quantitative estimate of drug-likeness (QED) is 0.183. The van der Waals surface area contributed by atoms with Crippen LogP contribution in [0, 0.1) is 0 Å². The molecule has 0 amide bonds. The molecule has 228 valence electrons. The second kappa shape index (κ2) is 11.0. The lowest BCUT2D eigenvalue weighted by molar-refractivity contribution is 0.670. The summed E-state index contributed by atoms with van der Waals surface area (Å²) in [4.78, 5) is 15.1. The Balaban J connectivity index is 1.28. The minimum absolute atomic E-state index is 0.602. The zero-order valence-electron chi connectivity index (χ0n) is 26.3. The molecule has 0 radical (unpaired) electrons. The van der Waals surface area contributed by atoms with Crippen molar-refractivity contribution in [1.29, 1.82) is 0 Å². The van der Waals surface area contributed by atoms with E-state index in [1.54, 1.807) is 0 Å². The first-order valence-electron chi connectivity index (χ1n) is 16.5. The lowest BCUT2D eigenvalue weighted by Crippen LogP contribution is -2.00. The highest BCUT2D eigenvalue weighted by atomic mass is 16.3. The highest BCUT2D eigenvalue weighted by Gasteiger charge is 2.22. The van der Waals surface area contributed by atoms with E-state index in [2.05, 4.69) is 91.0 Å². The molecule has 4 heteroatoms. The van der Waals surface area contributed by atoms with Crippen LogP contribution in [0.3, 0.4) is 0 Å². The van der Waals surface area contributed by atoms with Crippen LogP contribution in [0.4, 0.5) is 0 Å². The largest absolute Gasteiger partial charge is 0.455 e. The highest BCUT2D eigenvalue weighted by Crippen LogP contribution is 2.45. The van der Waals surface area contributed by atoms with Gasteiger partial charge in [-0.1, -0.05) is 140 Å². The van der Waals surface area contributed by atoms with Crippen LogP contribution in [0.5, 0.6) is 0 Å². The number of benzene rings is 8. The Labute approximate surface area is 282 Å². The van der Waals surface area contributed by atoms with Crippen molar-refractivity contribution in [1.82, 2.24) is 15.0 Å². The summed E-state index contributed by atoms with van der Waals surface area (Å²) in [5.41, 5.74) is 6.56. The Morgan fingerprint density at radius 3 is 1.63 bits per heavy atom. The number of hydrogen-bond acceptors (Lipinski definition) is 4. The summed E-state index contributed by atoms with van der Waals surface area (Å²) >= 11 is 0. The van der Waals surface area contributed by atoms with Gasteiger partial charge >= 0.3 is 0 Å². The van der Waals surface area contributed by atoms with Crippen molar-refractivity contribution in [2.75, 3.05) is 0 Å². The molecule has 0 aliphatic carbocycles. The number of nitrogens with zero attached hydrogens (tertiary/aromatic N) is 3. The maximum absolute atomic E-state index is 6.79. The molecule has 2 heterocycles. The minimum Gasteiger partial charge on any atom is -0.455 e. The van der Waals surface area contributed by atoms with E-state index < -0.39 is 0 Å². The average Bonchev–Trinajstić information content (AvgIpc) is 3.57. The summed E-state index contributed by atoms with van der Waals surface area (Å²) in [7, 11) is 0. The zero-order valence-corrected chi connectivity index (χ0v) is 26.3. The van der Waals surface area contributed by atoms with Crippen molar-refractivity contribution < 1.29 is 4.42 Å². The van der Waals surface area contributed by atoms with Gasteiger partial charge < -0.3 is 4.42 Å². The molecule has 0 unspecified atom stereocenters. The SMILES string of the molecule is c1ccc(-c2nc(-c3ccccc3)nc(-c3ccc(-c4cc5ccc6ccccc6c5c5ccccc45)c4oc5ccccc5c34)n2)cc1. The number of aromatic nitrogens is 3. The van der Waals surface area contributed by atoms with Gasteiger partial charge in [-0.2, -0.15) is 0 Å². The number of furan rings is 1. The van der Waals surface area contributed by atoms with Crippen LogP contribution in [0.15, 0.2) is 168 Å². The first-order valence-corrected chi connectivity index (χ1v) is 16.5. The molecule has 4 nitrogen and oxygen atoms in total. The van der Waals surface area contributed by atoms with Crippen LogP contribution in [0.25, 0.3) is 99.5 Å². The third-order valence-corrected chi connectivity index (χ3v) is 9.50. The van der Waals surface area contributed by atoms with Crippen LogP contribution >= 0.6 is 0 Å². The van der Waals surface area contributed by atoms with Crippen LogP contribution in [-0.2, 0) is 0 Å². The van der Waals surface area contributed by atoms with Crippen LogP contribution in [-0.4, -0.2) is 15.0 Å². The maximum Gasteiger partial charge on any atom is 0.164 e. The molecule has 2 aromatic heterocycles. The lowest BCUT2D eigenvalue weighted by Gasteiger charge is -2.14. The molecule has 0 bridgehead atoms. The lowest BCUT2D eigenvalue weighted by atomic mass is 9.89. The van der Waals surface area contributed by atoms with E-state index in [0.29, 0.717) is 17.5 Å². The summed E-state index contributed by atoms with van der Waals surface area (Å²) < 4.78 is 6.79. The monoisotopic (exact) mass is 625 g/mol. The van der Waals surface area contributed by atoms with E-state index in [-0.39, 0.29) is 0 Å². The van der Waals surface area contributed by atoms with Gasteiger partial charge in [0, 0.05) is 33.0 Å². The molecule has 0 spiro atoms. The number of rotatable bonds is 4. The van der Waals surface area contributed by atoms with Gasteiger partial charge in [-0.15, -0.1) is 0 Å². The number of fused-ring (bicyclic) bond motifs is 8. The molecule has 10 rings (SSSR count). The summed E-state index contributed by atoms with van der Waals surface area (Å²) in [6.07, 6.45) is 0. The molecular weight excluding hydrogens is 599 g/mol. The van der Waals surface area contributed by atoms with E-state index >= 15 is 0 Å². The molecule has 0 N–H and O–H groups in total. The van der Waals surface area contributed by atoms with Crippen LogP contribution < -0.4 is 0 Å². The van der Waals surface area contributed by atoms with Gasteiger partial charge in [0.25, 0.3) is 0 Å². The third-order valence-electron chi connectivity index (χ3n) is 9.50. The van der Waals surface area contributed by atoms with Gasteiger partial charge in [-0.3, -0.25) is 0 Å². The molecule has 0 aliphatic rings. The normalized spacial score (nSPS) is 11.7. The van der Waals surface area contributed by atoms with Crippen molar-refractivity contribution in [3.05, 3.63) is 164 Å². The highest BCUT2D eigenvalue weighted by molar-refractivity contribution is 6.25. The maximum atomic E-state index is 6.79. The molecule has 49 heavy (non-hydrogen) atoms. The first kappa shape index (κ1) is 27.5. The second-order valence-electron chi connectivity index (χ2n) is 12.4. The summed E-state index contributed by atoms with van der Waals surface area (Å²) in [6.45, 7) is 0. The minimum atomic E-state index is 0.602. The average molecular weight is 626 g/mol. The van der Waals surface area contributed by atoms with E-state index in [1.807, 2.05) is 72.8 Å². The predicted octanol–water partition coefficient (Wildman–Crippen LogP) is 11.9. The molecule has 8 aromatic carbocycles. The fourth-order valence-electron chi connectivity index (χ4n) is 7.26. The fourth-order valence-corrected chi connectivity index (χ4v) is 7.26. The van der Waals surface area contributed by atoms with Gasteiger partial charge in [0.1, 0.15) is 11.2 Å². The van der Waals surface area contributed by atoms with E-state index in [9.17, 15) is 0 Å². The van der Waals surface area contributed by atoms with Crippen molar-refractivity contribution in [3.8, 4) is 45.3 Å².